The van der Waals surface area contributed by atoms with Crippen LogP contribution in [0.1, 0.15) is 18.2 Å². The minimum Gasteiger partial charge on any atom is -0.481 e. The Morgan fingerprint density at radius 1 is 1.27 bits per heavy atom. The maximum atomic E-state index is 11.0. The topological polar surface area (TPSA) is 79.2 Å². The molecule has 2 aromatic rings. The van der Waals surface area contributed by atoms with E-state index in [1.54, 1.807) is 19.3 Å². The van der Waals surface area contributed by atoms with Gasteiger partial charge in [0.2, 0.25) is 0 Å². The van der Waals surface area contributed by atoms with Gasteiger partial charge in [0.1, 0.15) is 5.82 Å². The molecule has 1 atom stereocenters. The first-order chi connectivity index (χ1) is 10.4. The second-order valence-corrected chi connectivity index (χ2v) is 5.44. The molecule has 0 radical (unpaired) electrons. The molecule has 0 saturated heterocycles. The molecule has 0 aliphatic carbocycles. The Hall–Kier alpha value is -2.50. The van der Waals surface area contributed by atoms with Crippen molar-refractivity contribution in [1.82, 2.24) is 15.0 Å². The summed E-state index contributed by atoms with van der Waals surface area (Å²) in [5.41, 5.74) is 2.73. The number of hydrogen-bond donors (Lipinski definition) is 1. The quantitative estimate of drug-likeness (QED) is 0.913. The average molecular weight is 300 g/mol. The van der Waals surface area contributed by atoms with Crippen molar-refractivity contribution in [2.24, 2.45) is 5.92 Å². The van der Waals surface area contributed by atoms with E-state index in [2.05, 4.69) is 15.0 Å². The van der Waals surface area contributed by atoms with Crippen LogP contribution in [0.4, 0.5) is 5.82 Å². The van der Waals surface area contributed by atoms with Gasteiger partial charge in [-0.2, -0.15) is 0 Å². The van der Waals surface area contributed by atoms with Gasteiger partial charge in [0.15, 0.2) is 5.82 Å². The lowest BCUT2D eigenvalue weighted by atomic mass is 10.1. The summed E-state index contributed by atoms with van der Waals surface area (Å²) in [6, 6.07) is 3.71. The van der Waals surface area contributed by atoms with Gasteiger partial charge in [0.05, 0.1) is 5.92 Å². The number of anilines is 1. The first-order valence-electron chi connectivity index (χ1n) is 7.09. The van der Waals surface area contributed by atoms with Crippen LogP contribution < -0.4 is 4.90 Å². The van der Waals surface area contributed by atoms with Crippen LogP contribution >= 0.6 is 0 Å². The van der Waals surface area contributed by atoms with Crippen molar-refractivity contribution in [1.29, 1.82) is 0 Å². The Kier molecular flexibility index (Phi) is 4.70. The Labute approximate surface area is 129 Å². The third-order valence-corrected chi connectivity index (χ3v) is 3.63. The van der Waals surface area contributed by atoms with Crippen LogP contribution in [-0.4, -0.2) is 39.6 Å². The van der Waals surface area contributed by atoms with Gasteiger partial charge in [0.25, 0.3) is 0 Å². The zero-order valence-corrected chi connectivity index (χ0v) is 13.2. The van der Waals surface area contributed by atoms with Crippen molar-refractivity contribution < 1.29 is 9.90 Å². The highest BCUT2D eigenvalue weighted by Gasteiger charge is 2.18. The van der Waals surface area contributed by atoms with Crippen LogP contribution in [0.2, 0.25) is 0 Å². The van der Waals surface area contributed by atoms with Crippen LogP contribution in [0, 0.1) is 19.8 Å². The molecule has 0 amide bonds. The summed E-state index contributed by atoms with van der Waals surface area (Å²) in [5.74, 6) is 0.0939. The minimum atomic E-state index is -0.815. The van der Waals surface area contributed by atoms with Gasteiger partial charge >= 0.3 is 5.97 Å². The van der Waals surface area contributed by atoms with Gasteiger partial charge in [-0.05, 0) is 26.0 Å². The van der Waals surface area contributed by atoms with E-state index in [-0.39, 0.29) is 0 Å². The predicted molar refractivity (Wildman–Crippen MR) is 84.8 cm³/mol. The highest BCUT2D eigenvalue weighted by atomic mass is 16.4. The molecule has 116 valence electrons. The standard InChI is InChI=1S/C16H20N4O2/c1-10(16(21)22)9-20(4)15-11(2)12(3)18-14(19-15)13-5-7-17-8-6-13/h5-8,10H,9H2,1-4H3,(H,21,22). The van der Waals surface area contributed by atoms with E-state index in [9.17, 15) is 4.79 Å². The highest BCUT2D eigenvalue weighted by Crippen LogP contribution is 2.24. The largest absolute Gasteiger partial charge is 0.481 e. The molecule has 2 heterocycles. The van der Waals surface area contributed by atoms with Gasteiger partial charge < -0.3 is 10.0 Å². The summed E-state index contributed by atoms with van der Waals surface area (Å²) in [5, 5.41) is 9.07. The molecule has 1 unspecified atom stereocenters. The van der Waals surface area contributed by atoms with Gasteiger partial charge in [-0.25, -0.2) is 9.97 Å². The Morgan fingerprint density at radius 3 is 2.50 bits per heavy atom. The molecule has 22 heavy (non-hydrogen) atoms. The normalized spacial score (nSPS) is 12.0. The molecule has 0 aromatic carbocycles. The summed E-state index contributed by atoms with van der Waals surface area (Å²) >= 11 is 0. The van der Waals surface area contributed by atoms with Crippen LogP contribution in [0.25, 0.3) is 11.4 Å². The fourth-order valence-corrected chi connectivity index (χ4v) is 2.19. The lowest BCUT2D eigenvalue weighted by molar-refractivity contribution is -0.140. The highest BCUT2D eigenvalue weighted by molar-refractivity contribution is 5.70. The van der Waals surface area contributed by atoms with Crippen LogP contribution in [0.3, 0.4) is 0 Å². The van der Waals surface area contributed by atoms with Crippen molar-refractivity contribution in [3.63, 3.8) is 0 Å². The zero-order valence-electron chi connectivity index (χ0n) is 13.2. The maximum Gasteiger partial charge on any atom is 0.308 e. The first kappa shape index (κ1) is 15.9. The van der Waals surface area contributed by atoms with Gasteiger partial charge in [-0.15, -0.1) is 0 Å². The molecule has 0 saturated carbocycles. The van der Waals surface area contributed by atoms with E-state index in [0.717, 1.165) is 22.6 Å². The Bertz CT molecular complexity index is 673. The number of carboxylic acid groups (broad SMARTS) is 1. The number of carbonyl (C=O) groups is 1. The van der Waals surface area contributed by atoms with E-state index in [1.165, 1.54) is 0 Å². The molecule has 0 fully saturated rings. The SMILES string of the molecule is Cc1nc(-c2ccncc2)nc(N(C)CC(C)C(=O)O)c1C. The minimum absolute atomic E-state index is 0.391. The molecule has 0 spiro atoms. The number of carboxylic acids is 1. The van der Waals surface area contributed by atoms with E-state index in [4.69, 9.17) is 5.11 Å². The molecule has 0 aliphatic heterocycles. The third kappa shape index (κ3) is 3.39. The number of aliphatic carboxylic acids is 1. The molecular weight excluding hydrogens is 280 g/mol. The van der Waals surface area contributed by atoms with Gasteiger partial charge in [-0.1, -0.05) is 6.92 Å². The summed E-state index contributed by atoms with van der Waals surface area (Å²) < 4.78 is 0. The fraction of sp³-hybridized carbons (Fsp3) is 0.375. The number of pyridine rings is 1. The van der Waals surface area contributed by atoms with Gasteiger partial charge in [-0.3, -0.25) is 9.78 Å². The zero-order chi connectivity index (χ0) is 16.3. The van der Waals surface area contributed by atoms with Crippen LogP contribution in [-0.2, 0) is 4.79 Å². The van der Waals surface area contributed by atoms with Crippen molar-refractivity contribution >= 4 is 11.8 Å². The molecule has 1 N–H and O–H groups in total. The Morgan fingerprint density at radius 2 is 1.91 bits per heavy atom. The lowest BCUT2D eigenvalue weighted by Gasteiger charge is -2.23. The molecular formula is C16H20N4O2. The molecule has 6 heteroatoms. The number of aryl methyl sites for hydroxylation is 1. The van der Waals surface area contributed by atoms with Gasteiger partial charge in [0, 0.05) is 42.8 Å². The molecule has 6 nitrogen and oxygen atoms in total. The molecule has 2 rings (SSSR count). The predicted octanol–water partition coefficient (Wildman–Crippen LogP) is 2.31. The third-order valence-electron chi connectivity index (χ3n) is 3.63. The van der Waals surface area contributed by atoms with E-state index < -0.39 is 11.9 Å². The van der Waals surface area contributed by atoms with Crippen LogP contribution in [0.15, 0.2) is 24.5 Å². The average Bonchev–Trinajstić information content (AvgIpc) is 2.50. The number of nitrogens with zero attached hydrogens (tertiary/aromatic N) is 4. The monoisotopic (exact) mass is 300 g/mol. The summed E-state index contributed by atoms with van der Waals surface area (Å²) in [7, 11) is 1.85. The number of hydrogen-bond acceptors (Lipinski definition) is 5. The van der Waals surface area contributed by atoms with E-state index in [1.807, 2.05) is 37.9 Å². The van der Waals surface area contributed by atoms with Crippen molar-refractivity contribution in [2.75, 3.05) is 18.5 Å². The summed E-state index contributed by atoms with van der Waals surface area (Å²) in [6.45, 7) is 5.96. The number of aromatic nitrogens is 3. The van der Waals surface area contributed by atoms with Crippen LogP contribution in [0.5, 0.6) is 0 Å². The van der Waals surface area contributed by atoms with E-state index >= 15 is 0 Å². The second kappa shape index (κ2) is 6.51. The Balaban J connectivity index is 2.39. The summed E-state index contributed by atoms with van der Waals surface area (Å²) in [6.07, 6.45) is 3.40. The smallest absolute Gasteiger partial charge is 0.308 e. The molecule has 0 aliphatic rings. The maximum absolute atomic E-state index is 11.0. The van der Waals surface area contributed by atoms with Crippen molar-refractivity contribution in [3.8, 4) is 11.4 Å². The van der Waals surface area contributed by atoms with Crippen molar-refractivity contribution in [3.05, 3.63) is 35.8 Å². The lowest BCUT2D eigenvalue weighted by Crippen LogP contribution is -2.30. The fourth-order valence-electron chi connectivity index (χ4n) is 2.19. The van der Waals surface area contributed by atoms with E-state index in [0.29, 0.717) is 12.4 Å². The molecule has 2 aromatic heterocycles. The second-order valence-electron chi connectivity index (χ2n) is 5.44. The summed E-state index contributed by atoms with van der Waals surface area (Å²) in [4.78, 5) is 26.0. The first-order valence-corrected chi connectivity index (χ1v) is 7.09. The van der Waals surface area contributed by atoms with Crippen molar-refractivity contribution in [2.45, 2.75) is 20.8 Å². The molecule has 0 bridgehead atoms. The number of rotatable bonds is 5.